The lowest BCUT2D eigenvalue weighted by Gasteiger charge is -2.49. The Morgan fingerprint density at radius 1 is 1.16 bits per heavy atom. The summed E-state index contributed by atoms with van der Waals surface area (Å²) >= 11 is 1.07. The number of nitrogens with one attached hydrogen (secondary N) is 3. The van der Waals surface area contributed by atoms with Gasteiger partial charge in [0.15, 0.2) is 0 Å². The van der Waals surface area contributed by atoms with Crippen molar-refractivity contribution in [2.45, 2.75) is 18.3 Å². The van der Waals surface area contributed by atoms with Crippen molar-refractivity contribution >= 4 is 47.0 Å². The number of non-ortho nitro benzene ring substituents is 1. The molecule has 4 N–H and O–H groups in total. The monoisotopic (exact) mass is 449 g/mol. The Morgan fingerprint density at radius 2 is 1.81 bits per heavy atom. The van der Waals surface area contributed by atoms with Gasteiger partial charge in [0, 0.05) is 30.4 Å². The summed E-state index contributed by atoms with van der Waals surface area (Å²) in [7, 11) is 0. The van der Waals surface area contributed by atoms with E-state index in [2.05, 4.69) is 10.7 Å². The second-order valence-corrected chi connectivity index (χ2v) is 7.54. The normalized spacial score (nSPS) is 19.6. The molecule has 1 aromatic carbocycles. The van der Waals surface area contributed by atoms with E-state index in [4.69, 9.17) is 0 Å². The number of fused-ring (bicyclic) bond motifs is 1. The van der Waals surface area contributed by atoms with Crippen LogP contribution in [0.15, 0.2) is 35.5 Å². The number of hydrogen-bond donors (Lipinski definition) is 4. The van der Waals surface area contributed by atoms with Crippen molar-refractivity contribution in [3.8, 4) is 0 Å². The second-order valence-electron chi connectivity index (χ2n) is 6.43. The third-order valence-corrected chi connectivity index (χ3v) is 5.70. The number of carbonyl (C=O) groups is 5. The lowest BCUT2D eigenvalue weighted by molar-refractivity contribution is -0.384. The number of carbonyl (C=O) groups excluding carboxylic acids is 4. The predicted octanol–water partition coefficient (Wildman–Crippen LogP) is -0.886. The maximum atomic E-state index is 12.6. The largest absolute Gasteiger partial charge is 0.477 e. The Labute approximate surface area is 178 Å². The topological polar surface area (TPSA) is 188 Å². The summed E-state index contributed by atoms with van der Waals surface area (Å²) in [6.07, 6.45) is 0. The number of β-lactam (4-membered cyclic amide) rings is 1. The molecule has 162 valence electrons. The molecule has 0 saturated carbocycles. The molecule has 1 saturated heterocycles. The van der Waals surface area contributed by atoms with Crippen molar-refractivity contribution in [2.24, 2.45) is 0 Å². The van der Waals surface area contributed by atoms with E-state index in [0.29, 0.717) is 0 Å². The van der Waals surface area contributed by atoms with Gasteiger partial charge in [-0.15, -0.1) is 11.8 Å². The average molecular weight is 449 g/mol. The van der Waals surface area contributed by atoms with Crippen LogP contribution in [0.5, 0.6) is 0 Å². The molecule has 1 aromatic rings. The molecule has 2 atom stereocenters. The fourth-order valence-electron chi connectivity index (χ4n) is 2.97. The van der Waals surface area contributed by atoms with E-state index in [0.717, 1.165) is 35.7 Å². The van der Waals surface area contributed by atoms with Gasteiger partial charge in [-0.25, -0.2) is 4.79 Å². The number of nitro groups is 1. The van der Waals surface area contributed by atoms with Gasteiger partial charge in [-0.1, -0.05) is 0 Å². The van der Waals surface area contributed by atoms with Crippen LogP contribution in [0, 0.1) is 10.1 Å². The van der Waals surface area contributed by atoms with E-state index in [9.17, 15) is 39.2 Å². The van der Waals surface area contributed by atoms with Crippen LogP contribution in [-0.4, -0.2) is 61.7 Å². The predicted molar refractivity (Wildman–Crippen MR) is 104 cm³/mol. The summed E-state index contributed by atoms with van der Waals surface area (Å²) in [6, 6.07) is 3.71. The molecule has 0 radical (unpaired) electrons. The Bertz CT molecular complexity index is 1040. The summed E-state index contributed by atoms with van der Waals surface area (Å²) in [6.45, 7) is 1.15. The number of aliphatic carboxylic acids is 1. The highest BCUT2D eigenvalue weighted by atomic mass is 32.2. The van der Waals surface area contributed by atoms with Gasteiger partial charge in [-0.2, -0.15) is 0 Å². The van der Waals surface area contributed by atoms with Crippen LogP contribution in [0.4, 0.5) is 5.69 Å². The Balaban J connectivity index is 1.75. The molecule has 2 aliphatic heterocycles. The van der Waals surface area contributed by atoms with Crippen LogP contribution in [0.1, 0.15) is 17.3 Å². The standard InChI is InChI=1S/C17H15N5O8S/c1-7(23)19-20-14(25)10-6-31-16-11(15(26)21(16)12(10)17(27)28)18-13(24)8-2-4-9(5-3-8)22(29)30/h2-5,11,16H,6H2,1H3,(H,18,24)(H,19,23)(H,20,25)(H,27,28)/t11?,16-/m0/s1. The molecule has 14 heteroatoms. The Hall–Kier alpha value is -3.94. The quantitative estimate of drug-likeness (QED) is 0.251. The number of carboxylic acid groups (broad SMARTS) is 1. The van der Waals surface area contributed by atoms with Crippen molar-refractivity contribution in [2.75, 3.05) is 5.75 Å². The fourth-order valence-corrected chi connectivity index (χ4v) is 4.31. The minimum absolute atomic E-state index is 0.0780. The first-order valence-electron chi connectivity index (χ1n) is 8.65. The zero-order valence-corrected chi connectivity index (χ0v) is 16.6. The number of hydrogen-bond acceptors (Lipinski definition) is 8. The van der Waals surface area contributed by atoms with Gasteiger partial charge in [0.1, 0.15) is 17.1 Å². The highest BCUT2D eigenvalue weighted by molar-refractivity contribution is 8.00. The van der Waals surface area contributed by atoms with Gasteiger partial charge in [0.25, 0.3) is 23.4 Å². The van der Waals surface area contributed by atoms with Crippen LogP contribution in [0.3, 0.4) is 0 Å². The molecule has 0 spiro atoms. The first-order valence-corrected chi connectivity index (χ1v) is 9.70. The van der Waals surface area contributed by atoms with Gasteiger partial charge in [0.05, 0.1) is 10.5 Å². The number of carboxylic acids is 1. The summed E-state index contributed by atoms with van der Waals surface area (Å²) in [5.74, 6) is -4.42. The van der Waals surface area contributed by atoms with Crippen LogP contribution >= 0.6 is 11.8 Å². The van der Waals surface area contributed by atoms with E-state index < -0.39 is 51.6 Å². The molecule has 2 aliphatic rings. The number of thioether (sulfide) groups is 1. The van der Waals surface area contributed by atoms with E-state index in [1.807, 2.05) is 5.43 Å². The molecule has 0 bridgehead atoms. The van der Waals surface area contributed by atoms with Crippen molar-refractivity contribution in [1.82, 2.24) is 21.1 Å². The molecule has 31 heavy (non-hydrogen) atoms. The maximum absolute atomic E-state index is 12.6. The van der Waals surface area contributed by atoms with E-state index in [-0.39, 0.29) is 22.6 Å². The molecular formula is C17H15N5O8S. The highest BCUT2D eigenvalue weighted by Gasteiger charge is 2.55. The molecule has 2 heterocycles. The summed E-state index contributed by atoms with van der Waals surface area (Å²) < 4.78 is 0. The smallest absolute Gasteiger partial charge is 0.353 e. The van der Waals surface area contributed by atoms with E-state index in [1.165, 1.54) is 12.1 Å². The zero-order chi connectivity index (χ0) is 22.9. The lowest BCUT2D eigenvalue weighted by atomic mass is 10.0. The average Bonchev–Trinajstić information content (AvgIpc) is 2.74. The summed E-state index contributed by atoms with van der Waals surface area (Å²) in [4.78, 5) is 70.8. The number of amides is 4. The molecule has 4 amide bonds. The van der Waals surface area contributed by atoms with Crippen molar-refractivity contribution in [1.29, 1.82) is 0 Å². The Kier molecular flexibility index (Phi) is 5.92. The summed E-state index contributed by atoms with van der Waals surface area (Å²) in [5, 5.41) is 22.0. The van der Waals surface area contributed by atoms with Crippen molar-refractivity contribution < 1.29 is 34.0 Å². The number of rotatable bonds is 5. The van der Waals surface area contributed by atoms with Crippen molar-refractivity contribution in [3.63, 3.8) is 0 Å². The van der Waals surface area contributed by atoms with Gasteiger partial charge >= 0.3 is 5.97 Å². The van der Waals surface area contributed by atoms with Gasteiger partial charge in [-0.3, -0.25) is 45.0 Å². The van der Waals surface area contributed by atoms with Crippen LogP contribution in [0.2, 0.25) is 0 Å². The number of hydrazine groups is 1. The molecular weight excluding hydrogens is 434 g/mol. The first kappa shape index (κ1) is 21.8. The van der Waals surface area contributed by atoms with E-state index >= 15 is 0 Å². The molecule has 1 unspecified atom stereocenters. The molecule has 13 nitrogen and oxygen atoms in total. The fraction of sp³-hybridized carbons (Fsp3) is 0.235. The number of benzene rings is 1. The number of nitro benzene ring substituents is 1. The third kappa shape index (κ3) is 4.18. The Morgan fingerprint density at radius 3 is 2.35 bits per heavy atom. The minimum atomic E-state index is -1.51. The maximum Gasteiger partial charge on any atom is 0.353 e. The molecule has 1 fully saturated rings. The minimum Gasteiger partial charge on any atom is -0.477 e. The molecule has 0 aromatic heterocycles. The first-order chi connectivity index (χ1) is 14.6. The molecule has 3 rings (SSSR count). The lowest BCUT2D eigenvalue weighted by Crippen LogP contribution is -2.70. The SMILES string of the molecule is CC(=O)NNC(=O)C1=C(C(=O)O)N2C(=O)C(NC(=O)c3ccc([N+](=O)[O-])cc3)[C@@H]2SC1. The van der Waals surface area contributed by atoms with Crippen LogP contribution in [-0.2, 0) is 19.2 Å². The summed E-state index contributed by atoms with van der Waals surface area (Å²) in [5.41, 5.74) is 3.24. The van der Waals surface area contributed by atoms with Gasteiger partial charge < -0.3 is 10.4 Å². The molecule has 0 aliphatic carbocycles. The van der Waals surface area contributed by atoms with Gasteiger partial charge in [-0.05, 0) is 12.1 Å². The second kappa shape index (κ2) is 8.43. The van der Waals surface area contributed by atoms with Crippen LogP contribution in [0.25, 0.3) is 0 Å². The zero-order valence-electron chi connectivity index (χ0n) is 15.8. The third-order valence-electron chi connectivity index (χ3n) is 4.42. The van der Waals surface area contributed by atoms with Crippen LogP contribution < -0.4 is 16.2 Å². The van der Waals surface area contributed by atoms with Crippen molar-refractivity contribution in [3.05, 3.63) is 51.2 Å². The number of nitrogens with zero attached hydrogens (tertiary/aromatic N) is 2. The van der Waals surface area contributed by atoms with E-state index in [1.54, 1.807) is 0 Å². The highest BCUT2D eigenvalue weighted by Crippen LogP contribution is 2.40. The van der Waals surface area contributed by atoms with Gasteiger partial charge in [0.2, 0.25) is 5.91 Å².